The summed E-state index contributed by atoms with van der Waals surface area (Å²) < 4.78 is 12.2. The Morgan fingerprint density at radius 2 is 1.95 bits per heavy atom. The molecule has 0 aliphatic carbocycles. The summed E-state index contributed by atoms with van der Waals surface area (Å²) >= 11 is 0. The number of hydrogen-bond acceptors (Lipinski definition) is 6. The maximum Gasteiger partial charge on any atom is 0.251 e. The Kier molecular flexibility index (Phi) is 5.74. The van der Waals surface area contributed by atoms with Crippen LogP contribution in [0.3, 0.4) is 0 Å². The van der Waals surface area contributed by atoms with Gasteiger partial charge in [0, 0.05) is 29.5 Å². The lowest BCUT2D eigenvalue weighted by atomic mass is 9.85. The number of hydrogen-bond donors (Lipinski definition) is 2. The van der Waals surface area contributed by atoms with Crippen LogP contribution in [0.1, 0.15) is 92.0 Å². The first kappa shape index (κ1) is 24.5. The largest absolute Gasteiger partial charge is 0.493 e. The summed E-state index contributed by atoms with van der Waals surface area (Å²) in [4.78, 5) is 33.7. The second-order valence-electron chi connectivity index (χ2n) is 11.4. The van der Waals surface area contributed by atoms with Crippen molar-refractivity contribution in [3.05, 3.63) is 64.7 Å². The lowest BCUT2D eigenvalue weighted by Gasteiger charge is -2.41. The summed E-state index contributed by atoms with van der Waals surface area (Å²) in [5.41, 5.74) is 8.73. The number of carbonyl (C=O) groups is 2. The molecule has 5 heterocycles. The molecular weight excluding hydrogens is 480 g/mol. The van der Waals surface area contributed by atoms with E-state index in [1.807, 2.05) is 51.1 Å². The number of amides is 2. The molecule has 8 heteroatoms. The molecule has 38 heavy (non-hydrogen) atoms. The number of fused-ring (bicyclic) bond motifs is 3. The molecule has 5 aliphatic rings. The van der Waals surface area contributed by atoms with Crippen LogP contribution in [0, 0.1) is 0 Å². The van der Waals surface area contributed by atoms with E-state index in [-0.39, 0.29) is 36.3 Å². The van der Waals surface area contributed by atoms with Crippen LogP contribution in [-0.4, -0.2) is 40.4 Å². The molecule has 0 saturated heterocycles. The molecule has 3 N–H and O–H groups in total. The summed E-state index contributed by atoms with van der Waals surface area (Å²) in [5.74, 6) is 1.42. The highest BCUT2D eigenvalue weighted by molar-refractivity contribution is 6.00. The third-order valence-corrected chi connectivity index (χ3v) is 8.20. The Morgan fingerprint density at radius 1 is 1.13 bits per heavy atom. The van der Waals surface area contributed by atoms with Crippen LogP contribution in [0.4, 0.5) is 0 Å². The van der Waals surface area contributed by atoms with Crippen molar-refractivity contribution in [2.75, 3.05) is 6.61 Å². The lowest BCUT2D eigenvalue weighted by Crippen LogP contribution is -2.53. The second kappa shape index (κ2) is 8.89. The average molecular weight is 515 g/mol. The SMILES string of the molecule is CC[C@@]12C/C=C/c3ccc4c(c3)[C@H](CC(C)(C)O4)NC(=O)c3ccc4c(c3)[C@@H](CCO4)N(C(=O)C1)C(N)=N2. The fourth-order valence-corrected chi connectivity index (χ4v) is 6.18. The van der Waals surface area contributed by atoms with Crippen molar-refractivity contribution in [3.63, 3.8) is 0 Å². The zero-order chi connectivity index (χ0) is 26.7. The number of carbonyl (C=O) groups excluding carboxylic acids is 2. The molecule has 8 nitrogen and oxygen atoms in total. The molecular formula is C30H34N4O4. The van der Waals surface area contributed by atoms with E-state index in [0.29, 0.717) is 43.6 Å². The number of nitrogens with two attached hydrogens (primary N) is 1. The highest BCUT2D eigenvalue weighted by Gasteiger charge is 2.42. The van der Waals surface area contributed by atoms with Crippen molar-refractivity contribution in [1.82, 2.24) is 10.2 Å². The number of guanidine groups is 1. The van der Waals surface area contributed by atoms with Gasteiger partial charge in [-0.2, -0.15) is 0 Å². The minimum absolute atomic E-state index is 0.0539. The summed E-state index contributed by atoms with van der Waals surface area (Å²) in [6, 6.07) is 10.9. The van der Waals surface area contributed by atoms with E-state index in [9.17, 15) is 9.59 Å². The lowest BCUT2D eigenvalue weighted by molar-refractivity contribution is -0.132. The molecule has 0 aromatic heterocycles. The molecule has 198 valence electrons. The van der Waals surface area contributed by atoms with Crippen LogP contribution in [0.2, 0.25) is 0 Å². The van der Waals surface area contributed by atoms with Crippen molar-refractivity contribution in [2.45, 2.75) is 76.1 Å². The fourth-order valence-electron chi connectivity index (χ4n) is 6.18. The number of rotatable bonds is 1. The number of ether oxygens (including phenoxy) is 2. The van der Waals surface area contributed by atoms with Crippen molar-refractivity contribution < 1.29 is 19.1 Å². The van der Waals surface area contributed by atoms with Gasteiger partial charge >= 0.3 is 0 Å². The molecule has 5 aliphatic heterocycles. The van der Waals surface area contributed by atoms with Gasteiger partial charge in [-0.25, -0.2) is 4.99 Å². The van der Waals surface area contributed by atoms with Gasteiger partial charge in [-0.15, -0.1) is 0 Å². The number of nitrogens with one attached hydrogen (secondary N) is 1. The third-order valence-electron chi connectivity index (χ3n) is 8.20. The molecule has 0 unspecified atom stereocenters. The predicted octanol–water partition coefficient (Wildman–Crippen LogP) is 4.66. The topological polar surface area (TPSA) is 106 Å². The van der Waals surface area contributed by atoms with Crippen LogP contribution in [-0.2, 0) is 4.79 Å². The fraction of sp³-hybridized carbons (Fsp3) is 0.433. The minimum Gasteiger partial charge on any atom is -0.493 e. The molecule has 3 atom stereocenters. The monoisotopic (exact) mass is 514 g/mol. The van der Waals surface area contributed by atoms with Crippen LogP contribution in [0.15, 0.2) is 47.5 Å². The van der Waals surface area contributed by atoms with Crippen molar-refractivity contribution in [1.29, 1.82) is 0 Å². The van der Waals surface area contributed by atoms with Crippen LogP contribution < -0.4 is 20.5 Å². The highest BCUT2D eigenvalue weighted by atomic mass is 16.5. The summed E-state index contributed by atoms with van der Waals surface area (Å²) in [5, 5.41) is 3.25. The first-order valence-corrected chi connectivity index (χ1v) is 13.4. The molecule has 0 spiro atoms. The van der Waals surface area contributed by atoms with Crippen molar-refractivity contribution >= 4 is 23.8 Å². The zero-order valence-corrected chi connectivity index (χ0v) is 22.1. The van der Waals surface area contributed by atoms with E-state index >= 15 is 0 Å². The Bertz CT molecular complexity index is 1380. The van der Waals surface area contributed by atoms with Gasteiger partial charge in [0.05, 0.1) is 30.7 Å². The van der Waals surface area contributed by atoms with Gasteiger partial charge in [-0.05, 0) is 62.6 Å². The number of benzene rings is 2. The zero-order valence-electron chi connectivity index (χ0n) is 22.1. The van der Waals surface area contributed by atoms with E-state index in [1.165, 1.54) is 0 Å². The van der Waals surface area contributed by atoms with Gasteiger partial charge < -0.3 is 20.5 Å². The van der Waals surface area contributed by atoms with Crippen molar-refractivity contribution in [3.8, 4) is 11.5 Å². The first-order valence-electron chi connectivity index (χ1n) is 13.4. The minimum atomic E-state index is -0.584. The highest BCUT2D eigenvalue weighted by Crippen LogP contribution is 2.42. The van der Waals surface area contributed by atoms with Crippen LogP contribution in [0.25, 0.3) is 6.08 Å². The number of aliphatic imine (C=N–C) groups is 1. The van der Waals surface area contributed by atoms with E-state index in [2.05, 4.69) is 17.5 Å². The van der Waals surface area contributed by atoms with Crippen molar-refractivity contribution in [2.24, 2.45) is 10.7 Å². The third kappa shape index (κ3) is 4.22. The quantitative estimate of drug-likeness (QED) is 0.576. The van der Waals surface area contributed by atoms with E-state index in [1.54, 1.807) is 11.0 Å². The van der Waals surface area contributed by atoms with Gasteiger partial charge in [0.2, 0.25) is 5.91 Å². The molecule has 0 saturated carbocycles. The first-order chi connectivity index (χ1) is 18.2. The van der Waals surface area contributed by atoms with Crippen LogP contribution in [0.5, 0.6) is 11.5 Å². The Labute approximate surface area is 222 Å². The van der Waals surface area contributed by atoms with E-state index < -0.39 is 11.1 Å². The second-order valence-corrected chi connectivity index (χ2v) is 11.4. The van der Waals surface area contributed by atoms with E-state index in [4.69, 9.17) is 20.2 Å². The Morgan fingerprint density at radius 3 is 2.74 bits per heavy atom. The molecule has 2 amide bonds. The molecule has 7 rings (SSSR count). The standard InChI is InChI=1S/C30H34N4O4/c1-4-30-12-5-6-18-7-9-25-20(14-18)22(16-29(2,3)38-25)32-27(36)19-8-10-24-21(15-19)23(11-13-37-24)34(26(35)17-30)28(31)33-30/h5-10,14-15,22-23H,4,11-13,16-17H2,1-3H3,(H2,31,33)(H,32,36)/b6-5+/t22-,23+,30+/m0/s1. The average Bonchev–Trinajstić information content (AvgIpc) is 2.87. The summed E-state index contributed by atoms with van der Waals surface area (Å²) in [7, 11) is 0. The van der Waals surface area contributed by atoms with Crippen LogP contribution >= 0.6 is 0 Å². The van der Waals surface area contributed by atoms with Gasteiger partial charge in [-0.3, -0.25) is 14.5 Å². The summed E-state index contributed by atoms with van der Waals surface area (Å²) in [6.07, 6.45) is 6.89. The Balaban J connectivity index is 1.50. The summed E-state index contributed by atoms with van der Waals surface area (Å²) in [6.45, 7) is 6.58. The maximum atomic E-state index is 13.6. The Hall–Kier alpha value is -3.81. The van der Waals surface area contributed by atoms with Gasteiger partial charge in [0.15, 0.2) is 5.96 Å². The smallest absolute Gasteiger partial charge is 0.251 e. The number of nitrogens with zero attached hydrogens (tertiary/aromatic N) is 2. The molecule has 2 aromatic carbocycles. The van der Waals surface area contributed by atoms with E-state index in [0.717, 1.165) is 22.4 Å². The molecule has 0 fully saturated rings. The van der Waals surface area contributed by atoms with Gasteiger partial charge in [0.1, 0.15) is 17.1 Å². The maximum absolute atomic E-state index is 13.6. The predicted molar refractivity (Wildman–Crippen MR) is 145 cm³/mol. The van der Waals surface area contributed by atoms with Gasteiger partial charge in [-0.1, -0.05) is 25.1 Å². The molecule has 6 bridgehead atoms. The normalized spacial score (nSPS) is 28.4. The molecule has 0 radical (unpaired) electrons. The van der Waals surface area contributed by atoms with Gasteiger partial charge in [0.25, 0.3) is 5.91 Å². The molecule has 2 aromatic rings.